The lowest BCUT2D eigenvalue weighted by Gasteiger charge is -2.07. The molecule has 1 aromatic carbocycles. The molecule has 0 heterocycles. The Morgan fingerprint density at radius 1 is 1.44 bits per heavy atom. The summed E-state index contributed by atoms with van der Waals surface area (Å²) in [5, 5.41) is 10.6. The third-order valence-electron chi connectivity index (χ3n) is 1.69. The lowest BCUT2D eigenvalue weighted by atomic mass is 10.3. The SMILES string of the molecule is O=[N+]([O-])c1cc(S(=O)(=O)Cl)c(Br)cc1OC(F)F. The van der Waals surface area contributed by atoms with Gasteiger partial charge in [-0.15, -0.1) is 0 Å². The number of nitro benzene ring substituents is 1. The first-order valence-corrected chi connectivity index (χ1v) is 7.10. The number of hydrogen-bond donors (Lipinski definition) is 0. The number of benzene rings is 1. The molecule has 1 aromatic rings. The Hall–Kier alpha value is -1.00. The average molecular weight is 367 g/mol. The summed E-state index contributed by atoms with van der Waals surface area (Å²) in [7, 11) is 0.772. The summed E-state index contributed by atoms with van der Waals surface area (Å²) in [6.45, 7) is -3.28. The second-order valence-corrected chi connectivity index (χ2v) is 6.21. The summed E-state index contributed by atoms with van der Waals surface area (Å²) in [5.41, 5.74) is -0.933. The molecule has 0 radical (unpaired) electrons. The molecule has 6 nitrogen and oxygen atoms in total. The molecule has 0 saturated carbocycles. The second-order valence-electron chi connectivity index (χ2n) is 2.82. The molecular weight excluding hydrogens is 363 g/mol. The Labute approximate surface area is 112 Å². The summed E-state index contributed by atoms with van der Waals surface area (Å²) in [5.74, 6) is -0.772. The fourth-order valence-corrected chi connectivity index (χ4v) is 3.21. The fraction of sp³-hybridized carbons (Fsp3) is 0.143. The van der Waals surface area contributed by atoms with Crippen molar-refractivity contribution in [2.75, 3.05) is 0 Å². The third kappa shape index (κ3) is 3.50. The first kappa shape index (κ1) is 15.1. The summed E-state index contributed by atoms with van der Waals surface area (Å²) in [4.78, 5) is 8.95. The van der Waals surface area contributed by atoms with Crippen LogP contribution < -0.4 is 4.74 Å². The zero-order chi connectivity index (χ0) is 14.1. The number of hydrogen-bond acceptors (Lipinski definition) is 5. The van der Waals surface area contributed by atoms with Crippen molar-refractivity contribution in [3.8, 4) is 5.75 Å². The van der Waals surface area contributed by atoms with E-state index < -0.39 is 36.9 Å². The number of nitrogens with zero attached hydrogens (tertiary/aromatic N) is 1. The van der Waals surface area contributed by atoms with Crippen molar-refractivity contribution in [1.82, 2.24) is 0 Å². The van der Waals surface area contributed by atoms with E-state index in [0.717, 1.165) is 6.07 Å². The van der Waals surface area contributed by atoms with Gasteiger partial charge in [-0.1, -0.05) is 0 Å². The van der Waals surface area contributed by atoms with E-state index in [9.17, 15) is 27.3 Å². The van der Waals surface area contributed by atoms with Gasteiger partial charge in [0.15, 0.2) is 0 Å². The highest BCUT2D eigenvalue weighted by Gasteiger charge is 2.26. The lowest BCUT2D eigenvalue weighted by Crippen LogP contribution is -2.06. The minimum absolute atomic E-state index is 0.223. The standard InChI is InChI=1S/C7H3BrClF2NO5S/c8-3-1-5(17-7(10)11)4(12(13)14)2-6(3)18(9,15)16/h1-2,7H. The monoisotopic (exact) mass is 365 g/mol. The maximum atomic E-state index is 12.0. The van der Waals surface area contributed by atoms with Gasteiger partial charge in [0.25, 0.3) is 9.05 Å². The van der Waals surface area contributed by atoms with E-state index in [0.29, 0.717) is 6.07 Å². The maximum absolute atomic E-state index is 12.0. The molecule has 0 N–H and O–H groups in total. The Morgan fingerprint density at radius 2 is 2.00 bits per heavy atom. The molecule has 0 saturated heterocycles. The quantitative estimate of drug-likeness (QED) is 0.464. The van der Waals surface area contributed by atoms with Crippen molar-refractivity contribution in [3.05, 3.63) is 26.7 Å². The van der Waals surface area contributed by atoms with Gasteiger partial charge in [0.1, 0.15) is 4.90 Å². The Morgan fingerprint density at radius 3 is 2.39 bits per heavy atom. The van der Waals surface area contributed by atoms with Crippen LogP contribution in [0.3, 0.4) is 0 Å². The van der Waals surface area contributed by atoms with Crippen LogP contribution in [0.4, 0.5) is 14.5 Å². The normalized spacial score (nSPS) is 11.6. The molecule has 0 spiro atoms. The first-order valence-electron chi connectivity index (χ1n) is 4.00. The van der Waals surface area contributed by atoms with Gasteiger partial charge in [0, 0.05) is 27.3 Å². The predicted molar refractivity (Wildman–Crippen MR) is 60.5 cm³/mol. The van der Waals surface area contributed by atoms with Crippen LogP contribution >= 0.6 is 26.6 Å². The molecule has 0 bridgehead atoms. The van der Waals surface area contributed by atoms with E-state index in [2.05, 4.69) is 20.7 Å². The van der Waals surface area contributed by atoms with Crippen LogP contribution in [0.5, 0.6) is 5.75 Å². The van der Waals surface area contributed by atoms with Gasteiger partial charge in [0.2, 0.25) is 5.75 Å². The van der Waals surface area contributed by atoms with E-state index >= 15 is 0 Å². The molecule has 11 heteroatoms. The summed E-state index contributed by atoms with van der Waals surface area (Å²) in [6.07, 6.45) is 0. The molecule has 0 amide bonds. The largest absolute Gasteiger partial charge is 0.427 e. The summed E-state index contributed by atoms with van der Waals surface area (Å²) < 4.78 is 49.9. The van der Waals surface area contributed by atoms with Gasteiger partial charge in [0.05, 0.1) is 4.92 Å². The van der Waals surface area contributed by atoms with Gasteiger partial charge in [-0.05, 0) is 15.9 Å². The maximum Gasteiger partial charge on any atom is 0.387 e. The van der Waals surface area contributed by atoms with Gasteiger partial charge >= 0.3 is 12.3 Å². The average Bonchev–Trinajstić information content (AvgIpc) is 2.13. The van der Waals surface area contributed by atoms with Crippen LogP contribution in [0.1, 0.15) is 0 Å². The van der Waals surface area contributed by atoms with Gasteiger partial charge in [-0.3, -0.25) is 10.1 Å². The predicted octanol–water partition coefficient (Wildman–Crippen LogP) is 2.89. The highest BCUT2D eigenvalue weighted by Crippen LogP contribution is 2.37. The first-order chi connectivity index (χ1) is 8.12. The van der Waals surface area contributed by atoms with Crippen LogP contribution in [0, 0.1) is 10.1 Å². The van der Waals surface area contributed by atoms with E-state index in [1.807, 2.05) is 0 Å². The molecule has 0 atom stereocenters. The van der Waals surface area contributed by atoms with Crippen LogP contribution in [0.15, 0.2) is 21.5 Å². The number of nitro groups is 1. The number of alkyl halides is 2. The molecule has 0 aliphatic carbocycles. The summed E-state index contributed by atoms with van der Waals surface area (Å²) >= 11 is 2.75. The number of halogens is 4. The van der Waals surface area contributed by atoms with Crippen molar-refractivity contribution in [3.63, 3.8) is 0 Å². The second kappa shape index (κ2) is 5.33. The molecule has 0 aliphatic rings. The summed E-state index contributed by atoms with van der Waals surface area (Å²) in [6, 6.07) is 1.27. The molecule has 18 heavy (non-hydrogen) atoms. The topological polar surface area (TPSA) is 86.5 Å². The Bertz CT molecular complexity index is 594. The Kier molecular flexibility index (Phi) is 4.46. The van der Waals surface area contributed by atoms with Crippen LogP contribution in [-0.4, -0.2) is 20.0 Å². The molecule has 100 valence electrons. The fourth-order valence-electron chi connectivity index (χ4n) is 1.04. The Balaban J connectivity index is 3.49. The van der Waals surface area contributed by atoms with Crippen LogP contribution in [0.2, 0.25) is 0 Å². The van der Waals surface area contributed by atoms with Gasteiger partial charge in [-0.2, -0.15) is 8.78 Å². The van der Waals surface area contributed by atoms with E-state index in [-0.39, 0.29) is 4.47 Å². The molecule has 1 rings (SSSR count). The van der Waals surface area contributed by atoms with Crippen molar-refractivity contribution >= 4 is 41.4 Å². The minimum Gasteiger partial charge on any atom is -0.427 e. The molecule has 0 fully saturated rings. The van der Waals surface area contributed by atoms with E-state index in [1.165, 1.54) is 0 Å². The van der Waals surface area contributed by atoms with Crippen molar-refractivity contribution in [1.29, 1.82) is 0 Å². The van der Waals surface area contributed by atoms with Gasteiger partial charge < -0.3 is 4.74 Å². The minimum atomic E-state index is -4.26. The van der Waals surface area contributed by atoms with Crippen molar-refractivity contribution < 1.29 is 26.9 Å². The lowest BCUT2D eigenvalue weighted by molar-refractivity contribution is -0.386. The van der Waals surface area contributed by atoms with Gasteiger partial charge in [-0.25, -0.2) is 8.42 Å². The van der Waals surface area contributed by atoms with E-state index in [1.54, 1.807) is 0 Å². The van der Waals surface area contributed by atoms with Crippen LogP contribution in [-0.2, 0) is 9.05 Å². The molecule has 0 aliphatic heterocycles. The van der Waals surface area contributed by atoms with E-state index in [4.69, 9.17) is 10.7 Å². The zero-order valence-electron chi connectivity index (χ0n) is 8.14. The molecule has 0 unspecified atom stereocenters. The molecular formula is C7H3BrClF2NO5S. The van der Waals surface area contributed by atoms with Crippen molar-refractivity contribution in [2.45, 2.75) is 11.5 Å². The number of ether oxygens (including phenoxy) is 1. The van der Waals surface area contributed by atoms with Crippen molar-refractivity contribution in [2.24, 2.45) is 0 Å². The highest BCUT2D eigenvalue weighted by molar-refractivity contribution is 9.10. The van der Waals surface area contributed by atoms with Crippen LogP contribution in [0.25, 0.3) is 0 Å². The number of rotatable bonds is 4. The third-order valence-corrected chi connectivity index (χ3v) is 3.97. The zero-order valence-corrected chi connectivity index (χ0v) is 11.3. The molecule has 0 aromatic heterocycles. The smallest absolute Gasteiger partial charge is 0.387 e. The highest BCUT2D eigenvalue weighted by atomic mass is 79.9.